The van der Waals surface area contributed by atoms with Gasteiger partial charge < -0.3 is 14.4 Å². The SMILES string of the molecule is COc1c(C)cc(Br)cc1-c1cc(C(=O)O)on1. The van der Waals surface area contributed by atoms with Gasteiger partial charge in [0.1, 0.15) is 11.4 Å². The molecule has 1 N–H and O–H groups in total. The largest absolute Gasteiger partial charge is 0.496 e. The summed E-state index contributed by atoms with van der Waals surface area (Å²) in [5.41, 5.74) is 2.02. The Morgan fingerprint density at radius 1 is 1.44 bits per heavy atom. The fraction of sp³-hybridized carbons (Fsp3) is 0.167. The highest BCUT2D eigenvalue weighted by Crippen LogP contribution is 2.35. The first kappa shape index (κ1) is 12.6. The Bertz CT molecular complexity index is 606. The van der Waals surface area contributed by atoms with E-state index in [1.54, 1.807) is 13.2 Å². The Labute approximate surface area is 111 Å². The highest BCUT2D eigenvalue weighted by atomic mass is 79.9. The number of methoxy groups -OCH3 is 1. The van der Waals surface area contributed by atoms with Gasteiger partial charge in [-0.2, -0.15) is 0 Å². The number of hydrogen-bond acceptors (Lipinski definition) is 4. The summed E-state index contributed by atoms with van der Waals surface area (Å²) in [5.74, 6) is -0.715. The van der Waals surface area contributed by atoms with Gasteiger partial charge in [0.05, 0.1) is 7.11 Å². The molecule has 0 saturated heterocycles. The molecule has 18 heavy (non-hydrogen) atoms. The number of aryl methyl sites for hydroxylation is 1. The number of nitrogens with zero attached hydrogens (tertiary/aromatic N) is 1. The van der Waals surface area contributed by atoms with Crippen LogP contribution in [0.3, 0.4) is 0 Å². The highest BCUT2D eigenvalue weighted by Gasteiger charge is 2.17. The van der Waals surface area contributed by atoms with Crippen molar-refractivity contribution in [3.05, 3.63) is 34.0 Å². The summed E-state index contributed by atoms with van der Waals surface area (Å²) in [7, 11) is 1.55. The highest BCUT2D eigenvalue weighted by molar-refractivity contribution is 9.10. The number of halogens is 1. The van der Waals surface area contributed by atoms with E-state index in [1.807, 2.05) is 13.0 Å². The average Bonchev–Trinajstić information content (AvgIpc) is 2.77. The Hall–Kier alpha value is -1.82. The molecule has 0 unspecified atom stereocenters. The van der Waals surface area contributed by atoms with Crippen molar-refractivity contribution in [3.8, 4) is 17.0 Å². The molecule has 2 rings (SSSR count). The zero-order valence-electron chi connectivity index (χ0n) is 9.73. The molecule has 2 aromatic rings. The standard InChI is InChI=1S/C12H10BrNO4/c1-6-3-7(13)4-8(11(6)17-2)9-5-10(12(15)16)18-14-9/h3-5H,1-2H3,(H,15,16). The van der Waals surface area contributed by atoms with Crippen LogP contribution in [0, 0.1) is 6.92 Å². The number of aromatic carboxylic acids is 1. The maximum atomic E-state index is 10.8. The predicted octanol–water partition coefficient (Wildman–Crippen LogP) is 3.12. The fourth-order valence-electron chi connectivity index (χ4n) is 1.69. The molecular formula is C12H10BrNO4. The molecule has 0 bridgehead atoms. The number of hydrogen-bond donors (Lipinski definition) is 1. The van der Waals surface area contributed by atoms with E-state index in [-0.39, 0.29) is 5.76 Å². The molecule has 1 aromatic heterocycles. The van der Waals surface area contributed by atoms with Crippen LogP contribution < -0.4 is 4.74 Å². The van der Waals surface area contributed by atoms with E-state index in [1.165, 1.54) is 6.07 Å². The zero-order valence-corrected chi connectivity index (χ0v) is 11.3. The van der Waals surface area contributed by atoms with Crippen LogP contribution >= 0.6 is 15.9 Å². The Balaban J connectivity index is 2.58. The summed E-state index contributed by atoms with van der Waals surface area (Å²) < 4.78 is 10.9. The molecule has 0 fully saturated rings. The first-order chi connectivity index (χ1) is 8.52. The van der Waals surface area contributed by atoms with Crippen LogP contribution in [0.4, 0.5) is 0 Å². The number of ether oxygens (including phenoxy) is 1. The average molecular weight is 312 g/mol. The molecule has 0 radical (unpaired) electrons. The van der Waals surface area contributed by atoms with Gasteiger partial charge in [0.2, 0.25) is 5.76 Å². The maximum Gasteiger partial charge on any atom is 0.374 e. The minimum Gasteiger partial charge on any atom is -0.496 e. The zero-order chi connectivity index (χ0) is 13.3. The van der Waals surface area contributed by atoms with Crippen LogP contribution in [-0.4, -0.2) is 23.3 Å². The predicted molar refractivity (Wildman–Crippen MR) is 67.9 cm³/mol. The van der Waals surface area contributed by atoms with Gasteiger partial charge in [-0.05, 0) is 24.6 Å². The molecule has 0 aliphatic carbocycles. The molecule has 0 saturated carbocycles. The van der Waals surface area contributed by atoms with E-state index in [4.69, 9.17) is 14.4 Å². The number of carboxylic acids is 1. The number of carboxylic acid groups (broad SMARTS) is 1. The number of aromatic nitrogens is 1. The van der Waals surface area contributed by atoms with Crippen molar-refractivity contribution < 1.29 is 19.2 Å². The van der Waals surface area contributed by atoms with Crippen LogP contribution in [0.5, 0.6) is 5.75 Å². The van der Waals surface area contributed by atoms with Crippen LogP contribution in [-0.2, 0) is 0 Å². The summed E-state index contributed by atoms with van der Waals surface area (Å²) >= 11 is 3.38. The third kappa shape index (κ3) is 2.24. The van der Waals surface area contributed by atoms with Gasteiger partial charge >= 0.3 is 5.97 Å². The minimum atomic E-state index is -1.15. The number of carbonyl (C=O) groups is 1. The van der Waals surface area contributed by atoms with Crippen molar-refractivity contribution in [3.63, 3.8) is 0 Å². The smallest absolute Gasteiger partial charge is 0.374 e. The first-order valence-corrected chi connectivity index (χ1v) is 5.86. The Kier molecular flexibility index (Phi) is 3.38. The molecule has 94 valence electrons. The molecule has 0 aliphatic heterocycles. The van der Waals surface area contributed by atoms with Crippen molar-refractivity contribution >= 4 is 21.9 Å². The molecule has 0 amide bonds. The lowest BCUT2D eigenvalue weighted by molar-refractivity contribution is 0.0652. The molecule has 0 aliphatic rings. The van der Waals surface area contributed by atoms with Crippen molar-refractivity contribution in [1.29, 1.82) is 0 Å². The Morgan fingerprint density at radius 2 is 2.17 bits per heavy atom. The van der Waals surface area contributed by atoms with Gasteiger partial charge in [-0.1, -0.05) is 21.1 Å². The van der Waals surface area contributed by atoms with E-state index in [2.05, 4.69) is 21.1 Å². The molecular weight excluding hydrogens is 302 g/mol. The lowest BCUT2D eigenvalue weighted by Gasteiger charge is -2.09. The maximum absolute atomic E-state index is 10.8. The Morgan fingerprint density at radius 3 is 2.72 bits per heavy atom. The second-order valence-corrected chi connectivity index (χ2v) is 4.60. The topological polar surface area (TPSA) is 72.6 Å². The summed E-state index contributed by atoms with van der Waals surface area (Å²) in [6, 6.07) is 5.07. The van der Waals surface area contributed by atoms with E-state index < -0.39 is 5.97 Å². The van der Waals surface area contributed by atoms with Crippen molar-refractivity contribution in [2.45, 2.75) is 6.92 Å². The summed E-state index contributed by atoms with van der Waals surface area (Å²) in [4.78, 5) is 10.8. The van der Waals surface area contributed by atoms with E-state index in [0.29, 0.717) is 17.0 Å². The van der Waals surface area contributed by atoms with Gasteiger partial charge in [-0.15, -0.1) is 0 Å². The molecule has 6 heteroatoms. The van der Waals surface area contributed by atoms with Crippen molar-refractivity contribution in [2.24, 2.45) is 0 Å². The van der Waals surface area contributed by atoms with Crippen molar-refractivity contribution in [2.75, 3.05) is 7.11 Å². The first-order valence-electron chi connectivity index (χ1n) is 5.07. The fourth-order valence-corrected chi connectivity index (χ4v) is 2.27. The van der Waals surface area contributed by atoms with Gasteiger partial charge in [-0.25, -0.2) is 4.79 Å². The van der Waals surface area contributed by atoms with Crippen LogP contribution in [0.2, 0.25) is 0 Å². The van der Waals surface area contributed by atoms with Gasteiger partial charge in [0, 0.05) is 16.1 Å². The van der Waals surface area contributed by atoms with Gasteiger partial charge in [0.25, 0.3) is 0 Å². The van der Waals surface area contributed by atoms with Crippen molar-refractivity contribution in [1.82, 2.24) is 5.16 Å². The molecule has 1 aromatic carbocycles. The van der Waals surface area contributed by atoms with Crippen LogP contribution in [0.15, 0.2) is 27.2 Å². The lowest BCUT2D eigenvalue weighted by atomic mass is 10.1. The van der Waals surface area contributed by atoms with Crippen LogP contribution in [0.25, 0.3) is 11.3 Å². The third-order valence-electron chi connectivity index (χ3n) is 2.44. The van der Waals surface area contributed by atoms with E-state index in [0.717, 1.165) is 10.0 Å². The lowest BCUT2D eigenvalue weighted by Crippen LogP contribution is -1.93. The van der Waals surface area contributed by atoms with E-state index in [9.17, 15) is 4.79 Å². The second-order valence-electron chi connectivity index (χ2n) is 3.69. The van der Waals surface area contributed by atoms with E-state index >= 15 is 0 Å². The normalized spacial score (nSPS) is 10.4. The number of benzene rings is 1. The molecule has 0 atom stereocenters. The van der Waals surface area contributed by atoms with Crippen LogP contribution in [0.1, 0.15) is 16.1 Å². The van der Waals surface area contributed by atoms with Gasteiger partial charge in [0.15, 0.2) is 0 Å². The summed E-state index contributed by atoms with van der Waals surface area (Å²) in [5, 5.41) is 12.5. The monoisotopic (exact) mass is 311 g/mol. The third-order valence-corrected chi connectivity index (χ3v) is 2.90. The molecule has 1 heterocycles. The summed E-state index contributed by atoms with van der Waals surface area (Å²) in [6.45, 7) is 1.89. The minimum absolute atomic E-state index is 0.204. The quantitative estimate of drug-likeness (QED) is 0.942. The summed E-state index contributed by atoms with van der Waals surface area (Å²) in [6.07, 6.45) is 0. The molecule has 5 nitrogen and oxygen atoms in total. The number of rotatable bonds is 3. The second kappa shape index (κ2) is 4.81. The molecule has 0 spiro atoms. The van der Waals surface area contributed by atoms with Gasteiger partial charge in [-0.3, -0.25) is 0 Å².